The zero-order chi connectivity index (χ0) is 30.6. The summed E-state index contributed by atoms with van der Waals surface area (Å²) in [5, 5.41) is 0. The number of benzene rings is 1. The molecule has 0 aliphatic carbocycles. The molecule has 6 rings (SSSR count). The summed E-state index contributed by atoms with van der Waals surface area (Å²) >= 11 is 0. The number of H-pyrrole nitrogens is 2. The molecule has 0 spiro atoms. The number of fused-ring (bicyclic) bond motifs is 8. The van der Waals surface area contributed by atoms with Gasteiger partial charge in [0, 0.05) is 58.5 Å². The van der Waals surface area contributed by atoms with E-state index < -0.39 is 0 Å². The van der Waals surface area contributed by atoms with Crippen molar-refractivity contribution in [2.75, 3.05) is 19.0 Å². The van der Waals surface area contributed by atoms with Crippen LogP contribution in [0.2, 0.25) is 0 Å². The van der Waals surface area contributed by atoms with Gasteiger partial charge in [-0.2, -0.15) is 0 Å². The molecule has 226 valence electrons. The second-order valence-corrected chi connectivity index (χ2v) is 12.3. The summed E-state index contributed by atoms with van der Waals surface area (Å²) in [6, 6.07) is 19.7. The number of aromatic amines is 2. The molecule has 0 radical (unpaired) electrons. The van der Waals surface area contributed by atoms with E-state index in [-0.39, 0.29) is 0 Å². The molecule has 2 aliphatic rings. The van der Waals surface area contributed by atoms with Gasteiger partial charge in [0.25, 0.3) is 0 Å². The van der Waals surface area contributed by atoms with E-state index in [0.717, 1.165) is 81.7 Å². The number of hydrogen-bond donors (Lipinski definition) is 2. The Morgan fingerprint density at radius 1 is 0.659 bits per heavy atom. The van der Waals surface area contributed by atoms with Gasteiger partial charge in [-0.1, -0.05) is 52.2 Å². The highest BCUT2D eigenvalue weighted by Crippen LogP contribution is 2.35. The van der Waals surface area contributed by atoms with Gasteiger partial charge in [0.2, 0.25) is 0 Å². The lowest BCUT2D eigenvalue weighted by molar-refractivity contribution is 0.642. The number of hydrogen-bond acceptors (Lipinski definition) is 3. The van der Waals surface area contributed by atoms with Crippen LogP contribution in [0.15, 0.2) is 54.6 Å². The van der Waals surface area contributed by atoms with Crippen LogP contribution >= 0.6 is 0 Å². The van der Waals surface area contributed by atoms with Crippen molar-refractivity contribution in [3.8, 4) is 11.1 Å². The summed E-state index contributed by atoms with van der Waals surface area (Å²) in [7, 11) is 4.15. The third kappa shape index (κ3) is 6.01. The van der Waals surface area contributed by atoms with Gasteiger partial charge in [-0.05, 0) is 104 Å². The van der Waals surface area contributed by atoms with Gasteiger partial charge < -0.3 is 14.9 Å². The van der Waals surface area contributed by atoms with E-state index in [1.807, 2.05) is 0 Å². The molecule has 2 N–H and O–H groups in total. The minimum absolute atomic E-state index is 0.424. The van der Waals surface area contributed by atoms with Crippen LogP contribution in [0.5, 0.6) is 0 Å². The topological polar surface area (TPSA) is 60.6 Å². The molecule has 4 aromatic rings. The van der Waals surface area contributed by atoms with E-state index in [0.29, 0.717) is 5.92 Å². The standard InChI is InChI=1S/C39H45N5/c1-6-9-10-11-12-31-32-21-23-36(42-32)38(26(7-2)8-3)34-19-15-28(40-34)25-29-16-20-35(41-29)39(37-24-22-33(31)43-37)27-13-17-30(18-14-27)44(4)5/h13-26,40-41H,6-12H2,1-5H3. The largest absolute Gasteiger partial charge is 0.378 e. The summed E-state index contributed by atoms with van der Waals surface area (Å²) in [4.78, 5) is 20.2. The van der Waals surface area contributed by atoms with Crippen LogP contribution in [-0.4, -0.2) is 34.0 Å². The number of nitrogens with one attached hydrogen (secondary N) is 2. The van der Waals surface area contributed by atoms with Crippen molar-refractivity contribution in [3.63, 3.8) is 0 Å². The monoisotopic (exact) mass is 583 g/mol. The summed E-state index contributed by atoms with van der Waals surface area (Å²) in [6.45, 7) is 6.83. The zero-order valence-electron chi connectivity index (χ0n) is 26.9. The Labute approximate surface area is 261 Å². The molecule has 0 atom stereocenters. The third-order valence-electron chi connectivity index (χ3n) is 9.06. The molecule has 0 saturated heterocycles. The maximum atomic E-state index is 5.34. The lowest BCUT2D eigenvalue weighted by atomic mass is 9.92. The van der Waals surface area contributed by atoms with Crippen molar-refractivity contribution < 1.29 is 0 Å². The Balaban J connectivity index is 1.67. The summed E-state index contributed by atoms with van der Waals surface area (Å²) in [5.74, 6) is 0.424. The molecule has 0 saturated carbocycles. The number of nitrogens with zero attached hydrogens (tertiary/aromatic N) is 3. The van der Waals surface area contributed by atoms with Gasteiger partial charge in [-0.15, -0.1) is 0 Å². The van der Waals surface area contributed by atoms with Gasteiger partial charge in [0.1, 0.15) is 0 Å². The normalized spacial score (nSPS) is 12.4. The van der Waals surface area contributed by atoms with Gasteiger partial charge in [-0.3, -0.25) is 0 Å². The van der Waals surface area contributed by atoms with Crippen molar-refractivity contribution >= 4 is 52.1 Å². The van der Waals surface area contributed by atoms with Crippen LogP contribution < -0.4 is 4.90 Å². The van der Waals surface area contributed by atoms with Crippen molar-refractivity contribution in [1.82, 2.24) is 19.9 Å². The molecule has 5 heteroatoms. The molecular weight excluding hydrogens is 538 g/mol. The maximum Gasteiger partial charge on any atom is 0.0737 e. The first-order valence-electron chi connectivity index (χ1n) is 16.4. The van der Waals surface area contributed by atoms with Crippen LogP contribution in [0.1, 0.15) is 99.1 Å². The molecule has 1 aromatic carbocycles. The second-order valence-electron chi connectivity index (χ2n) is 12.3. The molecule has 0 fully saturated rings. The first-order valence-corrected chi connectivity index (χ1v) is 16.4. The predicted molar refractivity (Wildman–Crippen MR) is 190 cm³/mol. The number of anilines is 1. The Morgan fingerprint density at radius 3 is 1.93 bits per heavy atom. The van der Waals surface area contributed by atoms with Gasteiger partial charge in [-0.25, -0.2) is 9.97 Å². The molecule has 0 unspecified atom stereocenters. The fourth-order valence-electron chi connectivity index (χ4n) is 6.56. The van der Waals surface area contributed by atoms with Crippen molar-refractivity contribution in [2.24, 2.45) is 0 Å². The van der Waals surface area contributed by atoms with Crippen LogP contribution in [0.4, 0.5) is 5.69 Å². The van der Waals surface area contributed by atoms with E-state index in [1.54, 1.807) is 0 Å². The average molecular weight is 584 g/mol. The quantitative estimate of drug-likeness (QED) is 0.158. The summed E-state index contributed by atoms with van der Waals surface area (Å²) in [5.41, 5.74) is 14.4. The predicted octanol–water partition coefficient (Wildman–Crippen LogP) is 10.4. The number of rotatable bonds is 10. The number of unbranched alkanes of at least 4 members (excludes halogenated alkanes) is 3. The lowest BCUT2D eigenvalue weighted by Gasteiger charge is -2.14. The first-order chi connectivity index (χ1) is 21.5. The summed E-state index contributed by atoms with van der Waals surface area (Å²) < 4.78 is 0. The Hall–Kier alpha value is -4.38. The molecule has 2 aliphatic heterocycles. The van der Waals surface area contributed by atoms with Crippen LogP contribution in [0.3, 0.4) is 0 Å². The Kier molecular flexibility index (Phi) is 8.83. The molecule has 3 aromatic heterocycles. The molecule has 5 nitrogen and oxygen atoms in total. The SMILES string of the molecule is CCCCCCc1c2nc(c(-c3ccc(N(C)C)cc3)c3ccc(cc4ccc([nH]4)c(C(CC)CC)c4nc1C=C4)[nH]3)C=C2. The molecular formula is C39H45N5. The van der Waals surface area contributed by atoms with Crippen molar-refractivity contribution in [3.05, 3.63) is 88.5 Å². The highest BCUT2D eigenvalue weighted by molar-refractivity contribution is 5.92. The average Bonchev–Trinajstić information content (AvgIpc) is 3.85. The minimum atomic E-state index is 0.424. The minimum Gasteiger partial charge on any atom is -0.378 e. The van der Waals surface area contributed by atoms with Gasteiger partial charge >= 0.3 is 0 Å². The Morgan fingerprint density at radius 2 is 1.27 bits per heavy atom. The smallest absolute Gasteiger partial charge is 0.0737 e. The van der Waals surface area contributed by atoms with E-state index in [9.17, 15) is 0 Å². The van der Waals surface area contributed by atoms with E-state index >= 15 is 0 Å². The number of aromatic nitrogens is 4. The van der Waals surface area contributed by atoms with Gasteiger partial charge in [0.15, 0.2) is 0 Å². The second kappa shape index (κ2) is 13.1. The summed E-state index contributed by atoms with van der Waals surface area (Å²) in [6.07, 6.45) is 16.8. The highest BCUT2D eigenvalue weighted by Gasteiger charge is 2.19. The fraction of sp³-hybridized carbons (Fsp3) is 0.333. The highest BCUT2D eigenvalue weighted by atomic mass is 15.1. The molecule has 8 bridgehead atoms. The molecule has 44 heavy (non-hydrogen) atoms. The molecule has 5 heterocycles. The van der Waals surface area contributed by atoms with Crippen LogP contribution in [0.25, 0.3) is 57.5 Å². The van der Waals surface area contributed by atoms with E-state index in [2.05, 4.69) is 129 Å². The fourth-order valence-corrected chi connectivity index (χ4v) is 6.56. The zero-order valence-corrected chi connectivity index (χ0v) is 26.9. The van der Waals surface area contributed by atoms with Crippen LogP contribution in [-0.2, 0) is 6.42 Å². The van der Waals surface area contributed by atoms with Crippen molar-refractivity contribution in [2.45, 2.75) is 71.6 Å². The van der Waals surface area contributed by atoms with E-state index in [4.69, 9.17) is 9.97 Å². The maximum absolute atomic E-state index is 5.34. The first kappa shape index (κ1) is 29.7. The van der Waals surface area contributed by atoms with Gasteiger partial charge in [0.05, 0.1) is 22.8 Å². The molecule has 0 amide bonds. The third-order valence-corrected chi connectivity index (χ3v) is 9.06. The van der Waals surface area contributed by atoms with Crippen molar-refractivity contribution in [1.29, 1.82) is 0 Å². The lowest BCUT2D eigenvalue weighted by Crippen LogP contribution is -2.07. The van der Waals surface area contributed by atoms with Crippen LogP contribution in [0, 0.1) is 0 Å². The Bertz CT molecular complexity index is 1850. The van der Waals surface area contributed by atoms with E-state index in [1.165, 1.54) is 36.1 Å².